The molecule has 1 rings (SSSR count). The summed E-state index contributed by atoms with van der Waals surface area (Å²) in [6.07, 6.45) is 0.314. The molecule has 130 valence electrons. The zero-order chi connectivity index (χ0) is 17.5. The van der Waals surface area contributed by atoms with Gasteiger partial charge in [-0.15, -0.1) is 0 Å². The van der Waals surface area contributed by atoms with E-state index in [0.29, 0.717) is 29.6 Å². The number of benzene rings is 1. The third kappa shape index (κ3) is 6.86. The van der Waals surface area contributed by atoms with Gasteiger partial charge in [-0.3, -0.25) is 0 Å². The van der Waals surface area contributed by atoms with Crippen molar-refractivity contribution >= 4 is 23.4 Å². The first-order valence-corrected chi connectivity index (χ1v) is 7.77. The van der Waals surface area contributed by atoms with Crippen LogP contribution < -0.4 is 20.1 Å². The Labute approximate surface area is 142 Å². The number of methoxy groups -OCH3 is 2. The minimum absolute atomic E-state index is 0.414. The van der Waals surface area contributed by atoms with Crippen LogP contribution in [0.4, 0.5) is 10.5 Å². The monoisotopic (exact) mass is 344 g/mol. The first kappa shape index (κ1) is 19.2. The van der Waals surface area contributed by atoms with Gasteiger partial charge in [-0.25, -0.2) is 4.79 Å². The molecule has 0 bridgehead atoms. The molecule has 0 aliphatic rings. The smallest absolute Gasteiger partial charge is 0.407 e. The van der Waals surface area contributed by atoms with Crippen LogP contribution in [0, 0.1) is 0 Å². The number of alkyl carbamates (subject to hydrolysis) is 1. The summed E-state index contributed by atoms with van der Waals surface area (Å²) in [6, 6.07) is 3.48. The lowest BCUT2D eigenvalue weighted by atomic mass is 10.2. The SMILES string of the molecule is COc1cc(OC)c(NCCCNC(=O)OC(C)(C)C)cc1Cl. The molecule has 0 radical (unpaired) electrons. The van der Waals surface area contributed by atoms with Crippen LogP contribution in [0.25, 0.3) is 0 Å². The van der Waals surface area contributed by atoms with Crippen LogP contribution in [0.3, 0.4) is 0 Å². The van der Waals surface area contributed by atoms with E-state index in [-0.39, 0.29) is 0 Å². The predicted octanol–water partition coefficient (Wildman–Crippen LogP) is 3.68. The van der Waals surface area contributed by atoms with Crippen molar-refractivity contribution in [3.05, 3.63) is 17.2 Å². The zero-order valence-electron chi connectivity index (χ0n) is 14.3. The molecular formula is C16H25ClN2O4. The van der Waals surface area contributed by atoms with Gasteiger partial charge in [-0.2, -0.15) is 0 Å². The molecule has 0 atom stereocenters. The lowest BCUT2D eigenvalue weighted by Crippen LogP contribution is -2.33. The normalized spacial score (nSPS) is 10.9. The van der Waals surface area contributed by atoms with Crippen LogP contribution >= 0.6 is 11.6 Å². The zero-order valence-corrected chi connectivity index (χ0v) is 15.0. The maximum Gasteiger partial charge on any atom is 0.407 e. The molecule has 0 aliphatic carbocycles. The molecule has 1 aromatic rings. The van der Waals surface area contributed by atoms with E-state index in [9.17, 15) is 4.79 Å². The first-order valence-electron chi connectivity index (χ1n) is 7.39. The lowest BCUT2D eigenvalue weighted by Gasteiger charge is -2.19. The number of amides is 1. The quantitative estimate of drug-likeness (QED) is 0.738. The Balaban J connectivity index is 2.42. The number of carbonyl (C=O) groups excluding carboxylic acids is 1. The van der Waals surface area contributed by atoms with Crippen molar-refractivity contribution < 1.29 is 19.0 Å². The van der Waals surface area contributed by atoms with Gasteiger partial charge in [0.1, 0.15) is 17.1 Å². The van der Waals surface area contributed by atoms with Crippen molar-refractivity contribution in [2.75, 3.05) is 32.6 Å². The van der Waals surface area contributed by atoms with E-state index in [4.69, 9.17) is 25.8 Å². The second kappa shape index (κ2) is 8.72. The molecule has 0 saturated heterocycles. The first-order chi connectivity index (χ1) is 10.8. The molecule has 0 aliphatic heterocycles. The highest BCUT2D eigenvalue weighted by Gasteiger charge is 2.15. The van der Waals surface area contributed by atoms with E-state index in [1.54, 1.807) is 26.4 Å². The fourth-order valence-corrected chi connectivity index (χ4v) is 2.06. The van der Waals surface area contributed by atoms with Gasteiger partial charge in [-0.1, -0.05) is 11.6 Å². The van der Waals surface area contributed by atoms with Crippen LogP contribution in [-0.4, -0.2) is 39.0 Å². The highest BCUT2D eigenvalue weighted by molar-refractivity contribution is 6.32. The molecule has 2 N–H and O–H groups in total. The summed E-state index contributed by atoms with van der Waals surface area (Å²) < 4.78 is 15.6. The number of nitrogens with one attached hydrogen (secondary N) is 2. The van der Waals surface area contributed by atoms with Crippen molar-refractivity contribution in [1.82, 2.24) is 5.32 Å². The van der Waals surface area contributed by atoms with E-state index in [2.05, 4.69) is 10.6 Å². The number of hydrogen-bond donors (Lipinski definition) is 2. The Kier molecular flexibility index (Phi) is 7.29. The summed E-state index contributed by atoms with van der Waals surface area (Å²) in [5, 5.41) is 6.43. The summed E-state index contributed by atoms with van der Waals surface area (Å²) >= 11 is 6.11. The number of carbonyl (C=O) groups is 1. The average molecular weight is 345 g/mol. The maximum absolute atomic E-state index is 11.5. The molecule has 0 unspecified atom stereocenters. The van der Waals surface area contributed by atoms with Crippen LogP contribution in [0.2, 0.25) is 5.02 Å². The molecule has 0 spiro atoms. The highest BCUT2D eigenvalue weighted by Crippen LogP contribution is 2.35. The van der Waals surface area contributed by atoms with Crippen molar-refractivity contribution in [2.45, 2.75) is 32.8 Å². The molecular weight excluding hydrogens is 320 g/mol. The Bertz CT molecular complexity index is 530. The molecule has 1 aromatic carbocycles. The Hall–Kier alpha value is -1.82. The van der Waals surface area contributed by atoms with Crippen LogP contribution in [0.15, 0.2) is 12.1 Å². The number of hydrogen-bond acceptors (Lipinski definition) is 5. The van der Waals surface area contributed by atoms with Gasteiger partial charge in [0, 0.05) is 19.2 Å². The molecule has 0 aromatic heterocycles. The largest absolute Gasteiger partial charge is 0.495 e. The summed E-state index contributed by atoms with van der Waals surface area (Å²) in [5.74, 6) is 1.20. The second-order valence-corrected chi connectivity index (χ2v) is 6.30. The Morgan fingerprint density at radius 2 is 1.78 bits per heavy atom. The second-order valence-electron chi connectivity index (χ2n) is 5.90. The van der Waals surface area contributed by atoms with Gasteiger partial charge in [-0.05, 0) is 33.3 Å². The number of anilines is 1. The Morgan fingerprint density at radius 3 is 2.35 bits per heavy atom. The number of ether oxygens (including phenoxy) is 3. The molecule has 23 heavy (non-hydrogen) atoms. The minimum atomic E-state index is -0.491. The van der Waals surface area contributed by atoms with Gasteiger partial charge in [0.15, 0.2) is 0 Å². The van der Waals surface area contributed by atoms with E-state index in [1.807, 2.05) is 20.8 Å². The van der Waals surface area contributed by atoms with Crippen LogP contribution in [0.5, 0.6) is 11.5 Å². The summed E-state index contributed by atoms with van der Waals surface area (Å²) in [4.78, 5) is 11.5. The van der Waals surface area contributed by atoms with Crippen LogP contribution in [0.1, 0.15) is 27.2 Å². The third-order valence-corrected chi connectivity index (χ3v) is 3.11. The minimum Gasteiger partial charge on any atom is -0.495 e. The average Bonchev–Trinajstić information content (AvgIpc) is 2.45. The molecule has 0 fully saturated rings. The molecule has 0 saturated carbocycles. The summed E-state index contributed by atoms with van der Waals surface area (Å²) in [7, 11) is 3.13. The topological polar surface area (TPSA) is 68.8 Å². The highest BCUT2D eigenvalue weighted by atomic mass is 35.5. The maximum atomic E-state index is 11.5. The van der Waals surface area contributed by atoms with E-state index in [0.717, 1.165) is 12.1 Å². The van der Waals surface area contributed by atoms with Gasteiger partial charge in [0.2, 0.25) is 0 Å². The van der Waals surface area contributed by atoms with E-state index < -0.39 is 11.7 Å². The van der Waals surface area contributed by atoms with Crippen molar-refractivity contribution in [2.24, 2.45) is 0 Å². The summed E-state index contributed by atoms with van der Waals surface area (Å²) in [5.41, 5.74) is 0.283. The van der Waals surface area contributed by atoms with Crippen molar-refractivity contribution in [3.63, 3.8) is 0 Å². The fourth-order valence-electron chi connectivity index (χ4n) is 1.81. The summed E-state index contributed by atoms with van der Waals surface area (Å²) in [6.45, 7) is 6.64. The Morgan fingerprint density at radius 1 is 1.13 bits per heavy atom. The lowest BCUT2D eigenvalue weighted by molar-refractivity contribution is 0.0528. The van der Waals surface area contributed by atoms with Crippen molar-refractivity contribution in [1.29, 1.82) is 0 Å². The number of halogens is 1. The molecule has 7 heteroatoms. The van der Waals surface area contributed by atoms with Gasteiger partial charge < -0.3 is 24.8 Å². The molecule has 6 nitrogen and oxygen atoms in total. The third-order valence-electron chi connectivity index (χ3n) is 2.81. The fraction of sp³-hybridized carbons (Fsp3) is 0.562. The van der Waals surface area contributed by atoms with Gasteiger partial charge in [0.05, 0.1) is 24.9 Å². The van der Waals surface area contributed by atoms with Crippen molar-refractivity contribution in [3.8, 4) is 11.5 Å². The molecule has 0 heterocycles. The van der Waals surface area contributed by atoms with E-state index >= 15 is 0 Å². The number of rotatable bonds is 7. The van der Waals surface area contributed by atoms with Crippen LogP contribution in [-0.2, 0) is 4.74 Å². The van der Waals surface area contributed by atoms with Gasteiger partial charge in [0.25, 0.3) is 0 Å². The van der Waals surface area contributed by atoms with E-state index in [1.165, 1.54) is 0 Å². The predicted molar refractivity (Wildman–Crippen MR) is 91.9 cm³/mol. The molecule has 1 amide bonds. The standard InChI is InChI=1S/C16H25ClN2O4/c1-16(2,3)23-15(20)19-8-6-7-18-12-9-11(17)13(21-4)10-14(12)22-5/h9-10,18H,6-8H2,1-5H3,(H,19,20). The van der Waals surface area contributed by atoms with Gasteiger partial charge >= 0.3 is 6.09 Å².